The minimum Gasteiger partial charge on any atom is -0.497 e. The lowest BCUT2D eigenvalue weighted by Gasteiger charge is -2.17. The van der Waals surface area contributed by atoms with Crippen LogP contribution in [0.3, 0.4) is 0 Å². The fourth-order valence-electron chi connectivity index (χ4n) is 2.44. The Kier molecular flexibility index (Phi) is 4.15. The molecule has 0 aromatic heterocycles. The predicted octanol–water partition coefficient (Wildman–Crippen LogP) is 3.51. The van der Waals surface area contributed by atoms with Crippen molar-refractivity contribution in [3.05, 3.63) is 54.1 Å². The van der Waals surface area contributed by atoms with E-state index < -0.39 is 0 Å². The summed E-state index contributed by atoms with van der Waals surface area (Å²) in [7, 11) is 1.65. The van der Waals surface area contributed by atoms with Crippen LogP contribution >= 0.6 is 11.8 Å². The minimum atomic E-state index is 0.117. The summed E-state index contributed by atoms with van der Waals surface area (Å²) < 4.78 is 5.19. The smallest absolute Gasteiger partial charge is 0.255 e. The van der Waals surface area contributed by atoms with E-state index in [2.05, 4.69) is 0 Å². The van der Waals surface area contributed by atoms with Crippen molar-refractivity contribution >= 4 is 17.7 Å². The number of methoxy groups -OCH3 is 1. The van der Waals surface area contributed by atoms with Crippen LogP contribution in [0, 0.1) is 0 Å². The van der Waals surface area contributed by atoms with Gasteiger partial charge >= 0.3 is 0 Å². The van der Waals surface area contributed by atoms with E-state index in [9.17, 15) is 4.79 Å². The highest BCUT2D eigenvalue weighted by Gasteiger charge is 2.22. The van der Waals surface area contributed by atoms with Gasteiger partial charge in [-0.25, -0.2) is 0 Å². The molecule has 1 aliphatic rings. The van der Waals surface area contributed by atoms with Crippen molar-refractivity contribution in [3.8, 4) is 16.9 Å². The normalized spacial score (nSPS) is 14.2. The van der Waals surface area contributed by atoms with E-state index in [0.29, 0.717) is 0 Å². The van der Waals surface area contributed by atoms with Gasteiger partial charge < -0.3 is 9.64 Å². The summed E-state index contributed by atoms with van der Waals surface area (Å²) >= 11 is 1.80. The van der Waals surface area contributed by atoms with Crippen molar-refractivity contribution in [1.29, 1.82) is 0 Å². The molecule has 0 atom stereocenters. The Balaban J connectivity index is 1.96. The van der Waals surface area contributed by atoms with Crippen molar-refractivity contribution in [3.63, 3.8) is 0 Å². The van der Waals surface area contributed by atoms with Crippen LogP contribution in [0.2, 0.25) is 0 Å². The Hall–Kier alpha value is -1.94. The molecule has 0 spiro atoms. The summed E-state index contributed by atoms with van der Waals surface area (Å²) in [4.78, 5) is 14.6. The van der Waals surface area contributed by atoms with Gasteiger partial charge in [0.15, 0.2) is 0 Å². The number of benzene rings is 2. The van der Waals surface area contributed by atoms with E-state index in [1.54, 1.807) is 18.9 Å². The van der Waals surface area contributed by atoms with Gasteiger partial charge in [-0.3, -0.25) is 4.79 Å². The second-order valence-corrected chi connectivity index (χ2v) is 5.95. The zero-order chi connectivity index (χ0) is 14.7. The first kappa shape index (κ1) is 14.0. The second-order valence-electron chi connectivity index (χ2n) is 4.88. The van der Waals surface area contributed by atoms with Crippen LogP contribution in [0.5, 0.6) is 5.75 Å². The number of carbonyl (C=O) groups is 1. The highest BCUT2D eigenvalue weighted by molar-refractivity contribution is 7.99. The van der Waals surface area contributed by atoms with E-state index in [1.165, 1.54) is 0 Å². The molecular formula is C17H17NO2S. The van der Waals surface area contributed by atoms with E-state index in [1.807, 2.05) is 53.4 Å². The topological polar surface area (TPSA) is 29.5 Å². The van der Waals surface area contributed by atoms with Crippen LogP contribution in [-0.2, 0) is 0 Å². The summed E-state index contributed by atoms with van der Waals surface area (Å²) in [6.45, 7) is 0.834. The Morgan fingerprint density at radius 3 is 2.57 bits per heavy atom. The lowest BCUT2D eigenvalue weighted by atomic mass is 9.99. The number of carbonyl (C=O) groups excluding carboxylic acids is 1. The highest BCUT2D eigenvalue weighted by Crippen LogP contribution is 2.28. The van der Waals surface area contributed by atoms with Crippen LogP contribution in [0.1, 0.15) is 10.4 Å². The van der Waals surface area contributed by atoms with Crippen molar-refractivity contribution in [2.75, 3.05) is 25.3 Å². The molecule has 0 aliphatic carbocycles. The molecule has 1 aliphatic heterocycles. The van der Waals surface area contributed by atoms with Gasteiger partial charge in [0.05, 0.1) is 13.0 Å². The van der Waals surface area contributed by atoms with Gasteiger partial charge in [0, 0.05) is 17.9 Å². The molecule has 0 bridgehead atoms. The zero-order valence-corrected chi connectivity index (χ0v) is 12.7. The van der Waals surface area contributed by atoms with E-state index in [-0.39, 0.29) is 5.91 Å². The number of amides is 1. The highest BCUT2D eigenvalue weighted by atomic mass is 32.2. The van der Waals surface area contributed by atoms with Crippen molar-refractivity contribution < 1.29 is 9.53 Å². The molecular weight excluding hydrogens is 282 g/mol. The Morgan fingerprint density at radius 2 is 1.90 bits per heavy atom. The van der Waals surface area contributed by atoms with Gasteiger partial charge in [0.2, 0.25) is 0 Å². The number of hydrogen-bond donors (Lipinski definition) is 0. The number of nitrogens with zero attached hydrogens (tertiary/aromatic N) is 1. The van der Waals surface area contributed by atoms with Crippen molar-refractivity contribution in [2.24, 2.45) is 0 Å². The molecule has 21 heavy (non-hydrogen) atoms. The quantitative estimate of drug-likeness (QED) is 0.868. The zero-order valence-electron chi connectivity index (χ0n) is 11.9. The van der Waals surface area contributed by atoms with Crippen molar-refractivity contribution in [2.45, 2.75) is 0 Å². The SMILES string of the molecule is COc1ccc(-c2ccccc2C(=O)N2CCSC2)cc1. The number of ether oxygens (including phenoxy) is 1. The van der Waals surface area contributed by atoms with E-state index in [0.717, 1.165) is 40.6 Å². The first-order valence-electron chi connectivity index (χ1n) is 6.90. The molecule has 0 saturated carbocycles. The average Bonchev–Trinajstić information content (AvgIpc) is 3.09. The summed E-state index contributed by atoms with van der Waals surface area (Å²) in [5.41, 5.74) is 2.78. The molecule has 4 heteroatoms. The molecule has 1 amide bonds. The van der Waals surface area contributed by atoms with Crippen molar-refractivity contribution in [1.82, 2.24) is 4.90 Å². The van der Waals surface area contributed by atoms with Crippen LogP contribution in [-0.4, -0.2) is 36.1 Å². The summed E-state index contributed by atoms with van der Waals surface area (Å²) in [6.07, 6.45) is 0. The molecule has 2 aromatic rings. The maximum Gasteiger partial charge on any atom is 0.255 e. The third kappa shape index (κ3) is 2.90. The molecule has 108 valence electrons. The fraction of sp³-hybridized carbons (Fsp3) is 0.235. The maximum absolute atomic E-state index is 12.7. The largest absolute Gasteiger partial charge is 0.497 e. The molecule has 1 saturated heterocycles. The Morgan fingerprint density at radius 1 is 1.14 bits per heavy atom. The molecule has 2 aromatic carbocycles. The van der Waals surface area contributed by atoms with Gasteiger partial charge in [-0.05, 0) is 29.3 Å². The number of hydrogen-bond acceptors (Lipinski definition) is 3. The first-order valence-corrected chi connectivity index (χ1v) is 8.05. The lowest BCUT2D eigenvalue weighted by Crippen LogP contribution is -2.28. The molecule has 0 N–H and O–H groups in total. The van der Waals surface area contributed by atoms with Gasteiger partial charge in [0.1, 0.15) is 5.75 Å². The van der Waals surface area contributed by atoms with Gasteiger partial charge in [-0.15, -0.1) is 11.8 Å². The van der Waals surface area contributed by atoms with E-state index in [4.69, 9.17) is 4.74 Å². The maximum atomic E-state index is 12.7. The van der Waals surface area contributed by atoms with Crippen LogP contribution < -0.4 is 4.74 Å². The summed E-state index contributed by atoms with van der Waals surface area (Å²) in [5, 5.41) is 0. The van der Waals surface area contributed by atoms with Crippen LogP contribution in [0.15, 0.2) is 48.5 Å². The molecule has 3 rings (SSSR count). The predicted molar refractivity (Wildman–Crippen MR) is 86.8 cm³/mol. The number of rotatable bonds is 3. The minimum absolute atomic E-state index is 0.117. The monoisotopic (exact) mass is 299 g/mol. The van der Waals surface area contributed by atoms with E-state index >= 15 is 0 Å². The summed E-state index contributed by atoms with van der Waals surface area (Å²) in [6, 6.07) is 15.6. The number of thioether (sulfide) groups is 1. The first-order chi connectivity index (χ1) is 10.3. The Bertz CT molecular complexity index is 633. The lowest BCUT2D eigenvalue weighted by molar-refractivity contribution is 0.0803. The van der Waals surface area contributed by atoms with Gasteiger partial charge in [-0.1, -0.05) is 30.3 Å². The molecule has 1 heterocycles. The fourth-order valence-corrected chi connectivity index (χ4v) is 3.38. The second kappa shape index (κ2) is 6.22. The van der Waals surface area contributed by atoms with Gasteiger partial charge in [-0.2, -0.15) is 0 Å². The molecule has 3 nitrogen and oxygen atoms in total. The molecule has 1 fully saturated rings. The molecule has 0 radical (unpaired) electrons. The average molecular weight is 299 g/mol. The van der Waals surface area contributed by atoms with Gasteiger partial charge in [0.25, 0.3) is 5.91 Å². The standard InChI is InChI=1S/C17H17NO2S/c1-20-14-8-6-13(7-9-14)15-4-2-3-5-16(15)17(19)18-10-11-21-12-18/h2-9H,10-12H2,1H3. The third-order valence-corrected chi connectivity index (χ3v) is 4.56. The summed E-state index contributed by atoms with van der Waals surface area (Å²) in [5.74, 6) is 2.75. The van der Waals surface area contributed by atoms with Crippen LogP contribution in [0.4, 0.5) is 0 Å². The molecule has 0 unspecified atom stereocenters. The third-order valence-electron chi connectivity index (χ3n) is 3.60. The Labute approximate surface area is 128 Å². The van der Waals surface area contributed by atoms with Crippen LogP contribution in [0.25, 0.3) is 11.1 Å².